The van der Waals surface area contributed by atoms with Crippen LogP contribution in [-0.4, -0.2) is 163 Å². The number of nitrogen functional groups attached to an aromatic ring is 1. The van der Waals surface area contributed by atoms with Crippen molar-refractivity contribution in [3.63, 3.8) is 0 Å². The van der Waals surface area contributed by atoms with E-state index in [0.29, 0.717) is 80.7 Å². The molecule has 2 atom stereocenters. The van der Waals surface area contributed by atoms with Crippen LogP contribution in [0.1, 0.15) is 37.1 Å². The molecule has 2 aromatic heterocycles. The van der Waals surface area contributed by atoms with Gasteiger partial charge in [0.2, 0.25) is 17.8 Å². The quantitative estimate of drug-likeness (QED) is 0.0572. The van der Waals surface area contributed by atoms with Crippen molar-refractivity contribution in [2.45, 2.75) is 32.4 Å². The van der Waals surface area contributed by atoms with Gasteiger partial charge in [0.25, 0.3) is 5.56 Å². The molecule has 1 saturated heterocycles. The number of likely N-dealkylation sites (N-methyl/N-ethyl adjacent to an activating group) is 1. The van der Waals surface area contributed by atoms with E-state index in [4.69, 9.17) is 16.5 Å². The molecule has 2 amide bonds. The molecule has 0 saturated carbocycles. The fourth-order valence-corrected chi connectivity index (χ4v) is 7.15. The Labute approximate surface area is 367 Å². The number of anilines is 4. The molecule has 344 valence electrons. The van der Waals surface area contributed by atoms with E-state index in [1.807, 2.05) is 16.7 Å². The van der Waals surface area contributed by atoms with Gasteiger partial charge in [-0.15, -0.1) is 0 Å². The number of H-pyrrole nitrogens is 1. The lowest BCUT2D eigenvalue weighted by Gasteiger charge is -2.33. The second kappa shape index (κ2) is 23.7. The lowest BCUT2D eigenvalue weighted by atomic mass is 9.91. The van der Waals surface area contributed by atoms with Gasteiger partial charge in [0.15, 0.2) is 11.2 Å². The molecule has 0 spiro atoms. The number of amides is 2. The second-order valence-electron chi connectivity index (χ2n) is 15.2. The topological polar surface area (TPSA) is 328 Å². The Kier molecular flexibility index (Phi) is 17.9. The number of hydrogen-bond acceptors (Lipinski definition) is 17. The fraction of sp³-hybridized carbons (Fsp3) is 0.439. The Morgan fingerprint density at radius 3 is 1.78 bits per heavy atom. The van der Waals surface area contributed by atoms with Crippen LogP contribution in [0.2, 0.25) is 0 Å². The average molecular weight is 890 g/mol. The van der Waals surface area contributed by atoms with E-state index >= 15 is 0 Å². The summed E-state index contributed by atoms with van der Waals surface area (Å²) in [5.74, 6) is 0.480. The zero-order chi connectivity index (χ0) is 46.2. The summed E-state index contributed by atoms with van der Waals surface area (Å²) in [6.07, 6.45) is 0.128. The summed E-state index contributed by atoms with van der Waals surface area (Å²) in [7, 11) is 0. The van der Waals surface area contributed by atoms with E-state index in [1.54, 1.807) is 53.4 Å². The van der Waals surface area contributed by atoms with Crippen LogP contribution in [0.3, 0.4) is 0 Å². The SMILES string of the molecule is CCN1CCN(CC(=O)O)CCN(CC(=O)O)CCN(CC(=O)Nc2ccc(NC(=O)CCC(C(=O)O)C(ON)c3ccc(NCc4cnc5nc(N)[nH]c(=O)c5n4)cc3)cc2)CC1. The van der Waals surface area contributed by atoms with Crippen LogP contribution in [-0.2, 0) is 35.4 Å². The van der Waals surface area contributed by atoms with Gasteiger partial charge in [-0.25, -0.2) is 15.9 Å². The first-order valence-corrected chi connectivity index (χ1v) is 20.7. The van der Waals surface area contributed by atoms with Crippen LogP contribution in [0.5, 0.6) is 0 Å². The molecule has 0 radical (unpaired) electrons. The Morgan fingerprint density at radius 1 is 0.750 bits per heavy atom. The molecule has 0 bridgehead atoms. The molecule has 1 aliphatic heterocycles. The highest BCUT2D eigenvalue weighted by molar-refractivity contribution is 5.94. The zero-order valence-electron chi connectivity index (χ0n) is 35.4. The maximum absolute atomic E-state index is 13.2. The van der Waals surface area contributed by atoms with Crippen LogP contribution in [0.15, 0.2) is 59.5 Å². The van der Waals surface area contributed by atoms with Crippen LogP contribution in [0, 0.1) is 5.92 Å². The van der Waals surface area contributed by atoms with Gasteiger partial charge in [-0.05, 0) is 54.9 Å². The monoisotopic (exact) mass is 889 g/mol. The van der Waals surface area contributed by atoms with Crippen molar-refractivity contribution in [2.24, 2.45) is 11.8 Å². The summed E-state index contributed by atoms with van der Waals surface area (Å²) < 4.78 is 0. The van der Waals surface area contributed by atoms with Gasteiger partial charge in [-0.2, -0.15) is 4.98 Å². The van der Waals surface area contributed by atoms with E-state index in [-0.39, 0.29) is 62.0 Å². The Hall–Kier alpha value is -6.63. The number of carbonyl (C=O) groups is 5. The number of fused-ring (bicyclic) bond motifs is 1. The Balaban J connectivity index is 1.11. The smallest absolute Gasteiger partial charge is 0.317 e. The summed E-state index contributed by atoms with van der Waals surface area (Å²) >= 11 is 0. The molecule has 2 aromatic carbocycles. The molecule has 64 heavy (non-hydrogen) atoms. The number of aliphatic carboxylic acids is 3. The van der Waals surface area contributed by atoms with Gasteiger partial charge in [-0.3, -0.25) is 53.3 Å². The number of carbonyl (C=O) groups excluding carboxylic acids is 2. The third-order valence-corrected chi connectivity index (χ3v) is 10.6. The third kappa shape index (κ3) is 15.0. The number of nitrogens with zero attached hydrogens (tertiary/aromatic N) is 7. The van der Waals surface area contributed by atoms with Gasteiger partial charge in [0.05, 0.1) is 44.0 Å². The summed E-state index contributed by atoms with van der Waals surface area (Å²) in [4.78, 5) is 101. The zero-order valence-corrected chi connectivity index (χ0v) is 35.4. The third-order valence-electron chi connectivity index (χ3n) is 10.6. The number of carboxylic acid groups (broad SMARTS) is 3. The van der Waals surface area contributed by atoms with Crippen LogP contribution in [0.25, 0.3) is 11.2 Å². The molecule has 23 nitrogen and oxygen atoms in total. The normalized spacial score (nSPS) is 15.9. The molecular formula is C41H55N13O10. The van der Waals surface area contributed by atoms with Gasteiger partial charge in [0.1, 0.15) is 6.10 Å². The maximum Gasteiger partial charge on any atom is 0.317 e. The molecule has 3 heterocycles. The molecular weight excluding hydrogens is 835 g/mol. The number of hydrogen-bond donors (Lipinski definition) is 9. The standard InChI is InChI=1S/C41H55N13O10/c1-2-51-13-15-52(17-18-54(25-35(59)60)20-19-53(16-14-51)24-34(57)58)23-33(56)47-29-9-7-28(8-10-29)46-32(55)12-11-31(40(62)63)37(64-43)26-3-5-27(6-4-26)44-21-30-22-45-38-36(48-30)39(61)50-41(42)49-38/h3-10,22,31,37,44H,2,11-21,23-25,43H2,1H3,(H,46,55)(H,47,56)(H,57,58)(H,59,60)(H,62,63)(H3,42,45,49,50,61). The minimum atomic E-state index is -1.20. The molecule has 11 N–H and O–H groups in total. The molecule has 1 aliphatic rings. The van der Waals surface area contributed by atoms with Crippen molar-refractivity contribution in [1.82, 2.24) is 39.5 Å². The Bertz CT molecular complexity index is 2280. The number of nitrogens with one attached hydrogen (secondary N) is 4. The lowest BCUT2D eigenvalue weighted by molar-refractivity contribution is -0.149. The van der Waals surface area contributed by atoms with Crippen molar-refractivity contribution < 1.29 is 44.1 Å². The highest BCUT2D eigenvalue weighted by Gasteiger charge is 2.31. The van der Waals surface area contributed by atoms with Crippen molar-refractivity contribution in [3.8, 4) is 0 Å². The maximum atomic E-state index is 13.2. The van der Waals surface area contributed by atoms with E-state index < -0.39 is 41.4 Å². The summed E-state index contributed by atoms with van der Waals surface area (Å²) in [6.45, 7) is 6.48. The largest absolute Gasteiger partial charge is 0.481 e. The van der Waals surface area contributed by atoms with Gasteiger partial charge < -0.3 is 41.9 Å². The molecule has 0 aliphatic carbocycles. The number of aromatic nitrogens is 4. The number of nitrogens with two attached hydrogens (primary N) is 2. The van der Waals surface area contributed by atoms with Crippen LogP contribution < -0.4 is 33.1 Å². The predicted molar refractivity (Wildman–Crippen MR) is 235 cm³/mol. The first-order chi connectivity index (χ1) is 30.7. The van der Waals surface area contributed by atoms with Crippen molar-refractivity contribution in [1.29, 1.82) is 0 Å². The van der Waals surface area contributed by atoms with Crippen molar-refractivity contribution in [2.75, 3.05) is 100 Å². The number of benzene rings is 2. The summed E-state index contributed by atoms with van der Waals surface area (Å²) in [5, 5.41) is 37.7. The molecule has 4 aromatic rings. The van der Waals surface area contributed by atoms with Crippen LogP contribution in [0.4, 0.5) is 23.0 Å². The van der Waals surface area contributed by atoms with E-state index in [2.05, 4.69) is 40.8 Å². The minimum Gasteiger partial charge on any atom is -0.481 e. The molecule has 1 fully saturated rings. The number of rotatable bonds is 19. The van der Waals surface area contributed by atoms with E-state index in [9.17, 15) is 44.1 Å². The van der Waals surface area contributed by atoms with Gasteiger partial charge >= 0.3 is 17.9 Å². The summed E-state index contributed by atoms with van der Waals surface area (Å²) in [6, 6.07) is 13.2. The van der Waals surface area contributed by atoms with E-state index in [1.165, 1.54) is 6.20 Å². The Morgan fingerprint density at radius 2 is 1.27 bits per heavy atom. The van der Waals surface area contributed by atoms with Crippen LogP contribution >= 0.6 is 0 Å². The molecule has 5 rings (SSSR count). The molecule has 23 heteroatoms. The van der Waals surface area contributed by atoms with Gasteiger partial charge in [0, 0.05) is 75.8 Å². The predicted octanol–water partition coefficient (Wildman–Crippen LogP) is 0.308. The van der Waals surface area contributed by atoms with Gasteiger partial charge in [-0.1, -0.05) is 19.1 Å². The average Bonchev–Trinajstić information content (AvgIpc) is 3.25. The number of aromatic amines is 1. The van der Waals surface area contributed by atoms with E-state index in [0.717, 1.165) is 6.54 Å². The summed E-state index contributed by atoms with van der Waals surface area (Å²) in [5.41, 5.74) is 7.71. The fourth-order valence-electron chi connectivity index (χ4n) is 7.15. The molecule has 2 unspecified atom stereocenters. The van der Waals surface area contributed by atoms with Crippen molar-refractivity contribution >= 4 is 63.9 Å². The van der Waals surface area contributed by atoms with Crippen molar-refractivity contribution in [3.05, 3.63) is 76.3 Å². The minimum absolute atomic E-state index is 0.0439. The number of carboxylic acids is 3. The highest BCUT2D eigenvalue weighted by atomic mass is 16.6. The lowest BCUT2D eigenvalue weighted by Crippen LogP contribution is -2.48. The first-order valence-electron chi connectivity index (χ1n) is 20.7. The highest BCUT2D eigenvalue weighted by Crippen LogP contribution is 2.30. The first kappa shape index (κ1) is 48.4. The second-order valence-corrected chi connectivity index (χ2v) is 15.2.